The zero-order valence-corrected chi connectivity index (χ0v) is 15.7. The summed E-state index contributed by atoms with van der Waals surface area (Å²) in [5.74, 6) is 2.21. The van der Waals surface area contributed by atoms with E-state index in [2.05, 4.69) is 15.1 Å². The van der Waals surface area contributed by atoms with Crippen LogP contribution in [0.3, 0.4) is 0 Å². The van der Waals surface area contributed by atoms with Crippen molar-refractivity contribution in [2.75, 3.05) is 20.2 Å². The molecule has 3 heterocycles. The third-order valence-electron chi connectivity index (χ3n) is 4.99. The summed E-state index contributed by atoms with van der Waals surface area (Å²) < 4.78 is 10.6. The second-order valence-electron chi connectivity index (χ2n) is 6.95. The number of benzene rings is 1. The third-order valence-corrected chi connectivity index (χ3v) is 4.99. The summed E-state index contributed by atoms with van der Waals surface area (Å²) in [6.07, 6.45) is 6.09. The van der Waals surface area contributed by atoms with Gasteiger partial charge in [0.2, 0.25) is 0 Å². The van der Waals surface area contributed by atoms with Crippen LogP contribution in [0.25, 0.3) is 11.5 Å². The maximum Gasteiger partial charge on any atom is 0.258 e. The first-order valence-electron chi connectivity index (χ1n) is 9.39. The first-order chi connectivity index (χ1) is 13.7. The first kappa shape index (κ1) is 18.2. The summed E-state index contributed by atoms with van der Waals surface area (Å²) in [4.78, 5) is 23.3. The van der Waals surface area contributed by atoms with Crippen molar-refractivity contribution in [2.45, 2.75) is 19.3 Å². The summed E-state index contributed by atoms with van der Waals surface area (Å²) >= 11 is 0. The summed E-state index contributed by atoms with van der Waals surface area (Å²) in [6.45, 7) is 1.45. The van der Waals surface area contributed by atoms with E-state index >= 15 is 0 Å². The van der Waals surface area contributed by atoms with Gasteiger partial charge in [0.15, 0.2) is 5.82 Å². The van der Waals surface area contributed by atoms with Crippen LogP contribution >= 0.6 is 0 Å². The van der Waals surface area contributed by atoms with Gasteiger partial charge in [-0.05, 0) is 49.1 Å². The number of rotatable bonds is 5. The van der Waals surface area contributed by atoms with E-state index < -0.39 is 0 Å². The second kappa shape index (κ2) is 8.21. The SMILES string of the molecule is COc1cccc(C(=O)N2CCCC(Cc3noc(-c4ccncc4)n3)C2)c1. The molecule has 1 aliphatic heterocycles. The standard InChI is InChI=1S/C21H22N4O3/c1-27-18-6-2-5-17(13-18)21(26)25-11-3-4-15(14-25)12-19-23-20(28-24-19)16-7-9-22-10-8-16/h2,5-10,13,15H,3-4,11-12,14H2,1H3. The maximum atomic E-state index is 12.9. The molecule has 0 saturated carbocycles. The Labute approximate surface area is 163 Å². The fraction of sp³-hybridized carbons (Fsp3) is 0.333. The lowest BCUT2D eigenvalue weighted by molar-refractivity contribution is 0.0671. The zero-order valence-electron chi connectivity index (χ0n) is 15.7. The van der Waals surface area contributed by atoms with Gasteiger partial charge in [0.25, 0.3) is 11.8 Å². The number of carbonyl (C=O) groups excluding carboxylic acids is 1. The quantitative estimate of drug-likeness (QED) is 0.678. The number of nitrogens with zero attached hydrogens (tertiary/aromatic N) is 4. The Bertz CT molecular complexity index is 942. The molecule has 4 rings (SSSR count). The maximum absolute atomic E-state index is 12.9. The summed E-state index contributed by atoms with van der Waals surface area (Å²) in [7, 11) is 1.60. The molecule has 0 radical (unpaired) electrons. The molecule has 1 amide bonds. The predicted octanol–water partition coefficient (Wildman–Crippen LogP) is 3.24. The summed E-state index contributed by atoms with van der Waals surface area (Å²) in [6, 6.07) is 11.0. The molecule has 1 atom stereocenters. The van der Waals surface area contributed by atoms with Crippen LogP contribution in [0.4, 0.5) is 0 Å². The molecular weight excluding hydrogens is 356 g/mol. The Morgan fingerprint density at radius 2 is 2.14 bits per heavy atom. The smallest absolute Gasteiger partial charge is 0.258 e. The number of carbonyl (C=O) groups is 1. The molecule has 1 unspecified atom stereocenters. The van der Waals surface area contributed by atoms with Crippen LogP contribution in [0, 0.1) is 5.92 Å². The van der Waals surface area contributed by atoms with E-state index in [1.807, 2.05) is 35.2 Å². The monoisotopic (exact) mass is 378 g/mol. The lowest BCUT2D eigenvalue weighted by Crippen LogP contribution is -2.40. The van der Waals surface area contributed by atoms with Crippen molar-refractivity contribution in [1.29, 1.82) is 0 Å². The molecule has 0 N–H and O–H groups in total. The van der Waals surface area contributed by atoms with Gasteiger partial charge in [-0.25, -0.2) is 0 Å². The lowest BCUT2D eigenvalue weighted by atomic mass is 9.94. The largest absolute Gasteiger partial charge is 0.497 e. The number of hydrogen-bond donors (Lipinski definition) is 0. The highest BCUT2D eigenvalue weighted by atomic mass is 16.5. The van der Waals surface area contributed by atoms with Gasteiger partial charge in [-0.2, -0.15) is 4.98 Å². The van der Waals surface area contributed by atoms with Crippen molar-refractivity contribution >= 4 is 5.91 Å². The van der Waals surface area contributed by atoms with Crippen molar-refractivity contribution in [2.24, 2.45) is 5.92 Å². The second-order valence-corrected chi connectivity index (χ2v) is 6.95. The molecule has 2 aromatic heterocycles. The molecule has 1 aromatic carbocycles. The van der Waals surface area contributed by atoms with Crippen LogP contribution in [-0.4, -0.2) is 46.1 Å². The number of amides is 1. The average molecular weight is 378 g/mol. The predicted molar refractivity (Wildman–Crippen MR) is 103 cm³/mol. The molecule has 28 heavy (non-hydrogen) atoms. The van der Waals surface area contributed by atoms with E-state index in [-0.39, 0.29) is 5.91 Å². The van der Waals surface area contributed by atoms with Gasteiger partial charge in [-0.3, -0.25) is 9.78 Å². The highest BCUT2D eigenvalue weighted by Gasteiger charge is 2.26. The highest BCUT2D eigenvalue weighted by molar-refractivity contribution is 5.94. The number of aromatic nitrogens is 3. The summed E-state index contributed by atoms with van der Waals surface area (Å²) in [5, 5.41) is 4.11. The first-order valence-corrected chi connectivity index (χ1v) is 9.39. The molecule has 0 bridgehead atoms. The minimum atomic E-state index is 0.0363. The van der Waals surface area contributed by atoms with E-state index in [4.69, 9.17) is 9.26 Å². The van der Waals surface area contributed by atoms with Gasteiger partial charge in [0.1, 0.15) is 5.75 Å². The van der Waals surface area contributed by atoms with Crippen molar-refractivity contribution in [3.05, 3.63) is 60.2 Å². The van der Waals surface area contributed by atoms with Crippen LogP contribution in [-0.2, 0) is 6.42 Å². The van der Waals surface area contributed by atoms with Crippen LogP contribution < -0.4 is 4.74 Å². The number of piperidine rings is 1. The van der Waals surface area contributed by atoms with Crippen molar-refractivity contribution in [3.63, 3.8) is 0 Å². The van der Waals surface area contributed by atoms with Gasteiger partial charge in [0.05, 0.1) is 7.11 Å². The Kier molecular flexibility index (Phi) is 5.32. The molecule has 7 heteroatoms. The highest BCUT2D eigenvalue weighted by Crippen LogP contribution is 2.24. The number of hydrogen-bond acceptors (Lipinski definition) is 6. The summed E-state index contributed by atoms with van der Waals surface area (Å²) in [5.41, 5.74) is 1.51. The molecule has 3 aromatic rings. The Morgan fingerprint density at radius 1 is 1.29 bits per heavy atom. The van der Waals surface area contributed by atoms with Gasteiger partial charge in [-0.15, -0.1) is 0 Å². The third kappa shape index (κ3) is 4.03. The normalized spacial score (nSPS) is 16.8. The minimum Gasteiger partial charge on any atom is -0.497 e. The Balaban J connectivity index is 1.41. The van der Waals surface area contributed by atoms with Gasteiger partial charge < -0.3 is 14.2 Å². The molecule has 1 aliphatic rings. The fourth-order valence-electron chi connectivity index (χ4n) is 3.56. The molecule has 7 nitrogen and oxygen atoms in total. The fourth-order valence-corrected chi connectivity index (χ4v) is 3.56. The van der Waals surface area contributed by atoms with E-state index in [1.54, 1.807) is 25.6 Å². The van der Waals surface area contributed by atoms with Crippen molar-refractivity contribution in [3.8, 4) is 17.2 Å². The van der Waals surface area contributed by atoms with E-state index in [9.17, 15) is 4.79 Å². The molecule has 1 saturated heterocycles. The molecule has 0 aliphatic carbocycles. The molecule has 0 spiro atoms. The number of ether oxygens (including phenoxy) is 1. The van der Waals surface area contributed by atoms with Crippen LogP contribution in [0.5, 0.6) is 5.75 Å². The van der Waals surface area contributed by atoms with Gasteiger partial charge >= 0.3 is 0 Å². The zero-order chi connectivity index (χ0) is 19.3. The van der Waals surface area contributed by atoms with Crippen molar-refractivity contribution < 1.29 is 14.1 Å². The Morgan fingerprint density at radius 3 is 2.96 bits per heavy atom. The average Bonchev–Trinajstić information content (AvgIpc) is 3.22. The van der Waals surface area contributed by atoms with Gasteiger partial charge in [-0.1, -0.05) is 11.2 Å². The van der Waals surface area contributed by atoms with E-state index in [1.165, 1.54) is 0 Å². The van der Waals surface area contributed by atoms with Gasteiger partial charge in [0, 0.05) is 43.0 Å². The van der Waals surface area contributed by atoms with Crippen LogP contribution in [0.15, 0.2) is 53.3 Å². The van der Waals surface area contributed by atoms with Crippen LogP contribution in [0.2, 0.25) is 0 Å². The molecular formula is C21H22N4O3. The van der Waals surface area contributed by atoms with E-state index in [0.29, 0.717) is 41.9 Å². The van der Waals surface area contributed by atoms with Crippen LogP contribution in [0.1, 0.15) is 29.0 Å². The number of likely N-dealkylation sites (tertiary alicyclic amines) is 1. The Hall–Kier alpha value is -3.22. The minimum absolute atomic E-state index is 0.0363. The number of methoxy groups -OCH3 is 1. The van der Waals surface area contributed by atoms with Crippen molar-refractivity contribution in [1.82, 2.24) is 20.0 Å². The van der Waals surface area contributed by atoms with E-state index in [0.717, 1.165) is 24.9 Å². The molecule has 1 fully saturated rings. The lowest BCUT2D eigenvalue weighted by Gasteiger charge is -2.32. The molecule has 144 valence electrons. The topological polar surface area (TPSA) is 81.4 Å². The number of pyridine rings is 1.